The van der Waals surface area contributed by atoms with Crippen molar-refractivity contribution in [3.8, 4) is 0 Å². The van der Waals surface area contributed by atoms with Gasteiger partial charge in [-0.2, -0.15) is 9.47 Å². The van der Waals surface area contributed by atoms with Gasteiger partial charge < -0.3 is 10.1 Å². The molecule has 1 aliphatic carbocycles. The van der Waals surface area contributed by atoms with E-state index in [9.17, 15) is 0 Å². The molecule has 0 saturated heterocycles. The van der Waals surface area contributed by atoms with Gasteiger partial charge >= 0.3 is 0 Å². The lowest BCUT2D eigenvalue weighted by molar-refractivity contribution is 0.179. The molecule has 1 saturated carbocycles. The van der Waals surface area contributed by atoms with Crippen LogP contribution in [0.2, 0.25) is 0 Å². The molecule has 1 aliphatic rings. The third-order valence-corrected chi connectivity index (χ3v) is 4.24. The van der Waals surface area contributed by atoms with E-state index in [1.807, 2.05) is 0 Å². The van der Waals surface area contributed by atoms with Crippen LogP contribution in [-0.2, 0) is 17.9 Å². The molecule has 7 heteroatoms. The summed E-state index contributed by atoms with van der Waals surface area (Å²) in [6, 6.07) is 2.67. The number of anilines is 1. The number of ether oxygens (including phenoxy) is 1. The Hall–Kier alpha value is -1.47. The first-order valence-corrected chi connectivity index (χ1v) is 7.72. The number of aromatic nitrogens is 4. The molecule has 108 valence electrons. The maximum absolute atomic E-state index is 5.00. The van der Waals surface area contributed by atoms with E-state index in [4.69, 9.17) is 4.74 Å². The summed E-state index contributed by atoms with van der Waals surface area (Å²) in [6.07, 6.45) is 7.25. The molecule has 0 spiro atoms. The van der Waals surface area contributed by atoms with Gasteiger partial charge in [0.1, 0.15) is 6.61 Å². The van der Waals surface area contributed by atoms with Crippen molar-refractivity contribution in [2.75, 3.05) is 12.4 Å². The molecule has 20 heavy (non-hydrogen) atoms. The average Bonchev–Trinajstić information content (AvgIpc) is 3.18. The fraction of sp³-hybridized carbons (Fsp3) is 0.615. The van der Waals surface area contributed by atoms with E-state index in [0.29, 0.717) is 19.2 Å². The van der Waals surface area contributed by atoms with Crippen molar-refractivity contribution in [2.45, 2.75) is 44.9 Å². The molecule has 0 radical (unpaired) electrons. The molecule has 2 aromatic rings. The minimum absolute atomic E-state index is 0.453. The Morgan fingerprint density at radius 2 is 2.30 bits per heavy atom. The van der Waals surface area contributed by atoms with Gasteiger partial charge in [0.05, 0.1) is 18.3 Å². The van der Waals surface area contributed by atoms with Gasteiger partial charge in [-0.3, -0.25) is 4.68 Å². The second-order valence-electron chi connectivity index (χ2n) is 5.03. The van der Waals surface area contributed by atoms with Crippen LogP contribution in [0.3, 0.4) is 0 Å². The van der Waals surface area contributed by atoms with Crippen LogP contribution in [0.1, 0.15) is 43.2 Å². The fourth-order valence-corrected chi connectivity index (χ4v) is 3.09. The van der Waals surface area contributed by atoms with Crippen LogP contribution in [0, 0.1) is 0 Å². The van der Waals surface area contributed by atoms with Crippen LogP contribution < -0.4 is 5.32 Å². The van der Waals surface area contributed by atoms with Crippen LogP contribution in [0.25, 0.3) is 0 Å². The van der Waals surface area contributed by atoms with Crippen LogP contribution >= 0.6 is 11.5 Å². The van der Waals surface area contributed by atoms with Gasteiger partial charge in [0.2, 0.25) is 5.13 Å². The molecule has 0 aliphatic heterocycles. The molecule has 2 aromatic heterocycles. The summed E-state index contributed by atoms with van der Waals surface area (Å²) in [7, 11) is 1.64. The van der Waals surface area contributed by atoms with E-state index >= 15 is 0 Å². The molecule has 1 N–H and O–H groups in total. The number of hydrogen-bond donors (Lipinski definition) is 1. The Kier molecular flexibility index (Phi) is 4.27. The minimum atomic E-state index is 0.453. The largest absolute Gasteiger partial charge is 0.377 e. The van der Waals surface area contributed by atoms with Crippen molar-refractivity contribution in [1.82, 2.24) is 19.1 Å². The third kappa shape index (κ3) is 3.16. The summed E-state index contributed by atoms with van der Waals surface area (Å²) >= 11 is 1.35. The molecular weight excluding hydrogens is 274 g/mol. The van der Waals surface area contributed by atoms with Gasteiger partial charge in [0.15, 0.2) is 5.82 Å². The maximum Gasteiger partial charge on any atom is 0.202 e. The first-order valence-electron chi connectivity index (χ1n) is 6.94. The normalized spacial score (nSPS) is 15.8. The smallest absolute Gasteiger partial charge is 0.202 e. The summed E-state index contributed by atoms with van der Waals surface area (Å²) in [4.78, 5) is 4.34. The molecule has 1 fully saturated rings. The summed E-state index contributed by atoms with van der Waals surface area (Å²) in [6.45, 7) is 1.13. The Bertz CT molecular complexity index is 546. The van der Waals surface area contributed by atoms with Gasteiger partial charge in [0.25, 0.3) is 0 Å². The van der Waals surface area contributed by atoms with Gasteiger partial charge in [-0.1, -0.05) is 12.8 Å². The van der Waals surface area contributed by atoms with Crippen molar-refractivity contribution in [2.24, 2.45) is 0 Å². The van der Waals surface area contributed by atoms with E-state index in [0.717, 1.165) is 16.6 Å². The predicted molar refractivity (Wildman–Crippen MR) is 77.7 cm³/mol. The van der Waals surface area contributed by atoms with Gasteiger partial charge in [0, 0.05) is 24.8 Å². The summed E-state index contributed by atoms with van der Waals surface area (Å²) < 4.78 is 11.3. The lowest BCUT2D eigenvalue weighted by Gasteiger charge is -2.08. The molecule has 0 unspecified atom stereocenters. The van der Waals surface area contributed by atoms with Crippen molar-refractivity contribution in [1.29, 1.82) is 0 Å². The minimum Gasteiger partial charge on any atom is -0.377 e. The Morgan fingerprint density at radius 3 is 3.10 bits per heavy atom. The zero-order valence-corrected chi connectivity index (χ0v) is 12.4. The summed E-state index contributed by atoms with van der Waals surface area (Å²) in [5.74, 6) is 0.719. The van der Waals surface area contributed by atoms with Crippen LogP contribution in [0.4, 0.5) is 5.13 Å². The van der Waals surface area contributed by atoms with Gasteiger partial charge in [-0.05, 0) is 18.9 Å². The predicted octanol–water partition coefficient (Wildman–Crippen LogP) is 2.61. The second-order valence-corrected chi connectivity index (χ2v) is 5.78. The van der Waals surface area contributed by atoms with Gasteiger partial charge in [-0.15, -0.1) is 0 Å². The number of methoxy groups -OCH3 is 1. The number of hydrogen-bond acceptors (Lipinski definition) is 6. The van der Waals surface area contributed by atoms with Crippen LogP contribution in [-0.4, -0.2) is 26.2 Å². The van der Waals surface area contributed by atoms with Crippen LogP contribution in [0.15, 0.2) is 12.3 Å². The zero-order chi connectivity index (χ0) is 13.8. The first-order chi connectivity index (χ1) is 9.85. The quantitative estimate of drug-likeness (QED) is 0.887. The molecule has 2 heterocycles. The Morgan fingerprint density at radius 1 is 1.45 bits per heavy atom. The molecule has 0 atom stereocenters. The number of rotatable bonds is 6. The standard InChI is InChI=1S/C13H19N5OS/c1-19-9-12-15-13(20-17-12)14-8-10-6-7-18(16-10)11-4-2-3-5-11/h6-7,11H,2-5,8-9H2,1H3,(H,14,15,17). The lowest BCUT2D eigenvalue weighted by Crippen LogP contribution is -2.07. The highest BCUT2D eigenvalue weighted by Gasteiger charge is 2.17. The fourth-order valence-electron chi connectivity index (χ4n) is 2.52. The maximum atomic E-state index is 5.00. The van der Waals surface area contributed by atoms with E-state index in [1.54, 1.807) is 7.11 Å². The van der Waals surface area contributed by atoms with Crippen molar-refractivity contribution in [3.05, 3.63) is 23.8 Å². The third-order valence-electron chi connectivity index (χ3n) is 3.52. The van der Waals surface area contributed by atoms with E-state index in [2.05, 4.69) is 36.7 Å². The van der Waals surface area contributed by atoms with Crippen molar-refractivity contribution in [3.63, 3.8) is 0 Å². The highest BCUT2D eigenvalue weighted by molar-refractivity contribution is 7.09. The summed E-state index contributed by atoms with van der Waals surface area (Å²) in [5, 5.41) is 8.71. The van der Waals surface area contributed by atoms with E-state index in [1.165, 1.54) is 37.2 Å². The summed E-state index contributed by atoms with van der Waals surface area (Å²) in [5.41, 5.74) is 1.04. The molecule has 0 amide bonds. The highest BCUT2D eigenvalue weighted by atomic mass is 32.1. The Labute approximate surface area is 122 Å². The topological polar surface area (TPSA) is 64.9 Å². The Balaban J connectivity index is 1.54. The SMILES string of the molecule is COCc1nsc(NCc2ccn(C3CCCC3)n2)n1. The molecule has 0 bridgehead atoms. The number of nitrogens with one attached hydrogen (secondary N) is 1. The molecule has 6 nitrogen and oxygen atoms in total. The second kappa shape index (κ2) is 6.32. The molecule has 0 aromatic carbocycles. The molecule has 3 rings (SSSR count). The monoisotopic (exact) mass is 293 g/mol. The van der Waals surface area contributed by atoms with Crippen LogP contribution in [0.5, 0.6) is 0 Å². The average molecular weight is 293 g/mol. The first kappa shape index (κ1) is 13.5. The van der Waals surface area contributed by atoms with Crippen molar-refractivity contribution >= 4 is 16.7 Å². The number of nitrogens with zero attached hydrogens (tertiary/aromatic N) is 4. The molecular formula is C13H19N5OS. The lowest BCUT2D eigenvalue weighted by atomic mass is 10.3. The van der Waals surface area contributed by atoms with E-state index in [-0.39, 0.29) is 0 Å². The van der Waals surface area contributed by atoms with Crippen molar-refractivity contribution < 1.29 is 4.74 Å². The van der Waals surface area contributed by atoms with E-state index < -0.39 is 0 Å². The highest BCUT2D eigenvalue weighted by Crippen LogP contribution is 2.28. The van der Waals surface area contributed by atoms with Gasteiger partial charge in [-0.25, -0.2) is 4.98 Å². The zero-order valence-electron chi connectivity index (χ0n) is 11.6.